The van der Waals surface area contributed by atoms with Crippen molar-refractivity contribution in [1.82, 2.24) is 37.7 Å². The number of pyridine rings is 4. The van der Waals surface area contributed by atoms with Crippen molar-refractivity contribution >= 4 is 205 Å². The molecule has 0 saturated carbocycles. The molecule has 0 amide bonds. The van der Waals surface area contributed by atoms with Crippen LogP contribution in [-0.2, 0) is 0 Å². The van der Waals surface area contributed by atoms with E-state index in [-0.39, 0.29) is 53.6 Å². The number of hydrogen-bond acceptors (Lipinski definition) is 12. The Kier molecular flexibility index (Phi) is 23.9. The number of nitrogens with zero attached hydrogens (tertiary/aromatic N) is 10. The van der Waals surface area contributed by atoms with Gasteiger partial charge in [-0.25, -0.2) is 9.97 Å². The summed E-state index contributed by atoms with van der Waals surface area (Å²) in [4.78, 5) is 62.7. The van der Waals surface area contributed by atoms with Crippen LogP contribution in [0.2, 0.25) is 0 Å². The molecule has 80 heavy (non-hydrogen) atoms. The number of imidazole rings is 2. The molecule has 2 fully saturated rings. The smallest absolute Gasteiger partial charge is 0.269 e. The van der Waals surface area contributed by atoms with Crippen LogP contribution >= 0.6 is 133 Å². The fourth-order valence-corrected chi connectivity index (χ4v) is 429. The van der Waals surface area contributed by atoms with Gasteiger partial charge in [-0.1, -0.05) is 43.8 Å². The van der Waals surface area contributed by atoms with Crippen LogP contribution in [0.15, 0.2) is 148 Å². The standard InChI is InChI=1S/C26H24N6O3.C20H11BrN4O3.C6H14N2.CH4.I8/c33-26-22-6-2-1-5-21(22)24-25(31(26)19-8-10-20(11-9-19)32(34)35)30-17-18(7-12-23(30)28-24)27-13-16-29-14-3-4-15-29;21-12-5-10-17-22-18-15-3-1-2-4-16(15)20(26)24(19(18)23(17)11-12)13-6-8-14(9-7-13)25(27)28;7-3-6-8-4-1-2-5-8;;1-6(2)8(5)7(3)4/h1-2,5-12,17,27H,3-4,13-16H2;1-11H;1-7H2;1H4;. The van der Waals surface area contributed by atoms with Crippen LogP contribution in [0.5, 0.6) is 0 Å². The Hall–Kier alpha value is -2.00. The molecule has 27 heteroatoms. The van der Waals surface area contributed by atoms with E-state index in [9.17, 15) is 29.8 Å². The fourth-order valence-electron chi connectivity index (χ4n) is 9.63. The maximum absolute atomic E-state index is 13.7. The molecule has 2 aliphatic rings. The minimum Gasteiger partial charge on any atom is -0.383 e. The normalized spacial score (nSPS) is 14.0. The predicted molar refractivity (Wildman–Crippen MR) is 400 cm³/mol. The van der Waals surface area contributed by atoms with Crippen molar-refractivity contribution < 1.29 is 9.85 Å². The number of halogens is 9. The maximum Gasteiger partial charge on any atom is 0.269 e. The first-order valence-electron chi connectivity index (χ1n) is 24.5. The van der Waals surface area contributed by atoms with Gasteiger partial charge in [-0.05, 0) is 128 Å². The summed E-state index contributed by atoms with van der Waals surface area (Å²) >= 11 is 17.1. The van der Waals surface area contributed by atoms with Crippen LogP contribution in [0.4, 0.5) is 17.1 Å². The molecule has 0 spiro atoms. The Balaban J connectivity index is 0.000000166. The van der Waals surface area contributed by atoms with Crippen LogP contribution in [0, 0.1) is 20.2 Å². The third kappa shape index (κ3) is 15.0. The van der Waals surface area contributed by atoms with Gasteiger partial charge in [-0.3, -0.25) is 47.8 Å². The van der Waals surface area contributed by atoms with E-state index in [1.165, 1.54) is 63.0 Å². The van der Waals surface area contributed by atoms with E-state index in [4.69, 9.17) is 15.7 Å². The molecule has 2 aliphatic heterocycles. The first-order valence-corrected chi connectivity index (χ1v) is 69.3. The minimum atomic E-state index is -0.464. The minimum absolute atomic E-state index is 0. The summed E-state index contributed by atoms with van der Waals surface area (Å²) in [7, 11) is -0.942. The zero-order valence-corrected chi connectivity index (χ0v) is 60.4. The number of benzene rings is 4. The first-order chi connectivity index (χ1) is 38.1. The molecule has 2 saturated heterocycles. The average molecular weight is 2050 g/mol. The molecule has 0 bridgehead atoms. The van der Waals surface area contributed by atoms with Crippen molar-refractivity contribution in [3.63, 3.8) is 0 Å². The number of nitro benzene ring substituents is 2. The van der Waals surface area contributed by atoms with Gasteiger partial charge in [0.05, 0.1) is 26.9 Å². The molecule has 12 rings (SSSR count). The zero-order valence-electron chi connectivity index (χ0n) is 41.6. The van der Waals surface area contributed by atoms with Gasteiger partial charge < -0.3 is 20.9 Å². The third-order valence-corrected chi connectivity index (χ3v) is 344. The van der Waals surface area contributed by atoms with Gasteiger partial charge in [0.2, 0.25) is 0 Å². The summed E-state index contributed by atoms with van der Waals surface area (Å²) in [6.07, 6.45) is 9.09. The Morgan fingerprint density at radius 1 is 0.575 bits per heavy atom. The number of nitro groups is 2. The topological polar surface area (TPSA) is 209 Å². The number of hydrogen-bond donors (Lipinski definition) is 2. The molecule has 3 N–H and O–H groups in total. The molecule has 0 radical (unpaired) electrons. The van der Waals surface area contributed by atoms with E-state index in [0.29, 0.717) is 50.1 Å². The Morgan fingerprint density at radius 3 is 1.40 bits per heavy atom. The van der Waals surface area contributed by atoms with Gasteiger partial charge in [0.25, 0.3) is 22.5 Å². The molecule has 0 aliphatic carbocycles. The van der Waals surface area contributed by atoms with Gasteiger partial charge in [0, 0.05) is 88.9 Å². The van der Waals surface area contributed by atoms with Crippen molar-refractivity contribution in [2.75, 3.05) is 57.7 Å². The van der Waals surface area contributed by atoms with E-state index in [1.807, 2.05) is 81.9 Å². The van der Waals surface area contributed by atoms with Crippen LogP contribution in [-0.4, -0.2) is 99.9 Å². The zero-order chi connectivity index (χ0) is 55.9. The van der Waals surface area contributed by atoms with Crippen molar-refractivity contribution in [2.45, 2.75) is 33.1 Å². The van der Waals surface area contributed by atoms with Crippen molar-refractivity contribution in [3.8, 4) is 11.4 Å². The summed E-state index contributed by atoms with van der Waals surface area (Å²) < 4.78 is 7.75. The van der Waals surface area contributed by atoms with Crippen LogP contribution in [0.25, 0.3) is 66.5 Å². The van der Waals surface area contributed by atoms with Crippen molar-refractivity contribution in [2.24, 2.45) is 5.73 Å². The largest absolute Gasteiger partial charge is 0.383 e. The Morgan fingerprint density at radius 2 is 0.988 bits per heavy atom. The monoisotopic (exact) mass is 2050 g/mol. The number of fused-ring (bicyclic) bond motifs is 10. The molecular weight excluding hydrogens is 2000 g/mol. The first kappa shape index (κ1) is 64.0. The molecule has 18 nitrogen and oxygen atoms in total. The van der Waals surface area contributed by atoms with Gasteiger partial charge in [0.1, 0.15) is 22.3 Å². The molecule has 0 atom stereocenters. The summed E-state index contributed by atoms with van der Waals surface area (Å²) in [5.41, 5.74) is 11.0. The molecular formula is C53H53BrI8N12O6. The summed E-state index contributed by atoms with van der Waals surface area (Å²) in [6.45, 7) is 8.59. The van der Waals surface area contributed by atoms with Crippen molar-refractivity contribution in [3.05, 3.63) is 179 Å². The molecule has 6 aromatic heterocycles. The van der Waals surface area contributed by atoms with Gasteiger partial charge >= 0.3 is 117 Å². The Bertz CT molecular complexity index is 3940. The average Bonchev–Trinajstić information content (AvgIpc) is 4.49. The number of aromatic nitrogens is 6. The van der Waals surface area contributed by atoms with E-state index >= 15 is 0 Å². The second-order valence-electron chi connectivity index (χ2n) is 18.0. The number of non-ortho nitro benzene ring substituents is 2. The Labute approximate surface area is 531 Å². The number of anilines is 1. The number of nitrogens with two attached hydrogens (primary N) is 1. The SMILES string of the molecule is C.II(I)I(I)I(I)I.NCCN1CCCC1.O=c1c2ccccc2c2nc3ccc(Br)cn3c2n1-c1ccc([N+](=O)[O-])cc1.O=c1c2ccccc2c2nc3ccc(NCCN4CCCC4)cn3c2n1-c1ccc([N+](=O)[O-])cc1. The molecule has 10 aromatic rings. The van der Waals surface area contributed by atoms with E-state index < -0.39 is 9.85 Å². The fraction of sp³-hybridized carbons (Fsp3) is 0.245. The predicted octanol–water partition coefficient (Wildman–Crippen LogP) is 16.4. The van der Waals surface area contributed by atoms with Crippen LogP contribution in [0.3, 0.4) is 0 Å². The summed E-state index contributed by atoms with van der Waals surface area (Å²) in [6, 6.07) is 34.4. The summed E-state index contributed by atoms with van der Waals surface area (Å²) in [5.74, 6) is 0. The van der Waals surface area contributed by atoms with E-state index in [0.717, 1.165) is 65.8 Å². The molecule has 424 valence electrons. The molecule has 4 aromatic carbocycles. The van der Waals surface area contributed by atoms with Crippen molar-refractivity contribution in [1.29, 1.82) is 0 Å². The van der Waals surface area contributed by atoms with Crippen LogP contribution < -0.4 is 22.2 Å². The van der Waals surface area contributed by atoms with E-state index in [2.05, 4.69) is 124 Å². The molecule has 8 heterocycles. The second-order valence-corrected chi connectivity index (χ2v) is 165. The van der Waals surface area contributed by atoms with E-state index in [1.54, 1.807) is 45.5 Å². The number of rotatable bonds is 12. The third-order valence-electron chi connectivity index (χ3n) is 13.2. The maximum atomic E-state index is 13.7. The molecule has 0 unspecified atom stereocenters. The second kappa shape index (κ2) is 29.9. The number of likely N-dealkylation sites (tertiary alicyclic amines) is 2. The van der Waals surface area contributed by atoms with Gasteiger partial charge in [-0.2, -0.15) is 0 Å². The number of nitrogens with one attached hydrogen (secondary N) is 1. The summed E-state index contributed by atoms with van der Waals surface area (Å²) in [5, 5.41) is 28.3. The quantitative estimate of drug-likeness (QED) is 0.0665. The van der Waals surface area contributed by atoms with Gasteiger partial charge in [-0.15, -0.1) is 0 Å². The van der Waals surface area contributed by atoms with Gasteiger partial charge in [0.15, 0.2) is 11.3 Å². The van der Waals surface area contributed by atoms with Crippen LogP contribution in [0.1, 0.15) is 33.1 Å².